The van der Waals surface area contributed by atoms with E-state index < -0.39 is 17.5 Å². The highest BCUT2D eigenvalue weighted by molar-refractivity contribution is 5.60. The van der Waals surface area contributed by atoms with E-state index in [1.54, 1.807) is 36.4 Å². The number of hydrogen-bond donors (Lipinski definition) is 0. The summed E-state index contributed by atoms with van der Waals surface area (Å²) in [5.41, 5.74) is 1.55. The first kappa shape index (κ1) is 17.8. The Labute approximate surface area is 158 Å². The summed E-state index contributed by atoms with van der Waals surface area (Å²) in [5, 5.41) is 3.90. The predicted octanol–water partition coefficient (Wildman–Crippen LogP) is 5.40. The van der Waals surface area contributed by atoms with Crippen molar-refractivity contribution in [3.63, 3.8) is 0 Å². The third-order valence-electron chi connectivity index (χ3n) is 3.94. The van der Waals surface area contributed by atoms with Crippen molar-refractivity contribution in [2.45, 2.75) is 6.61 Å². The molecule has 7 heteroatoms. The minimum atomic E-state index is -0.653. The van der Waals surface area contributed by atoms with Crippen molar-refractivity contribution in [2.75, 3.05) is 0 Å². The first-order valence-electron chi connectivity index (χ1n) is 8.35. The summed E-state index contributed by atoms with van der Waals surface area (Å²) in [7, 11) is 0. The van der Waals surface area contributed by atoms with Crippen LogP contribution in [-0.4, -0.2) is 10.1 Å². The first-order valence-corrected chi connectivity index (χ1v) is 8.35. The van der Waals surface area contributed by atoms with E-state index in [1.165, 1.54) is 24.3 Å². The Hall–Kier alpha value is -3.61. The maximum atomic E-state index is 13.3. The second-order valence-corrected chi connectivity index (χ2v) is 6.02. The van der Waals surface area contributed by atoms with E-state index in [2.05, 4.69) is 10.1 Å². The molecule has 28 heavy (non-hydrogen) atoms. The lowest BCUT2D eigenvalue weighted by atomic mass is 10.2. The van der Waals surface area contributed by atoms with Crippen molar-refractivity contribution in [3.05, 3.63) is 89.7 Å². The summed E-state index contributed by atoms with van der Waals surface area (Å²) in [5.74, 6) is -0.625. The molecule has 1 aromatic heterocycles. The second-order valence-electron chi connectivity index (χ2n) is 6.02. The van der Waals surface area contributed by atoms with Gasteiger partial charge in [-0.1, -0.05) is 11.2 Å². The van der Waals surface area contributed by atoms with Gasteiger partial charge in [0.15, 0.2) is 0 Å². The summed E-state index contributed by atoms with van der Waals surface area (Å²) >= 11 is 0. The lowest BCUT2D eigenvalue weighted by molar-refractivity contribution is 0.305. The van der Waals surface area contributed by atoms with Gasteiger partial charge < -0.3 is 9.26 Å². The topological polar surface area (TPSA) is 48.2 Å². The van der Waals surface area contributed by atoms with Crippen LogP contribution in [0.2, 0.25) is 0 Å². The smallest absolute Gasteiger partial charge is 0.258 e. The maximum absolute atomic E-state index is 13.3. The summed E-state index contributed by atoms with van der Waals surface area (Å²) < 4.78 is 50.5. The molecule has 0 unspecified atom stereocenters. The molecule has 0 atom stereocenters. The van der Waals surface area contributed by atoms with E-state index in [9.17, 15) is 13.2 Å². The van der Waals surface area contributed by atoms with Gasteiger partial charge in [-0.15, -0.1) is 0 Å². The highest BCUT2D eigenvalue weighted by Gasteiger charge is 2.11. The van der Waals surface area contributed by atoms with Crippen molar-refractivity contribution >= 4 is 0 Å². The Balaban J connectivity index is 1.46. The summed E-state index contributed by atoms with van der Waals surface area (Å²) in [6, 6.07) is 15.9. The molecule has 4 aromatic rings. The number of rotatable bonds is 5. The van der Waals surface area contributed by atoms with Crippen LogP contribution in [0.3, 0.4) is 0 Å². The van der Waals surface area contributed by atoms with Crippen LogP contribution >= 0.6 is 0 Å². The number of nitrogens with zero attached hydrogens (tertiary/aromatic N) is 2. The molecule has 0 aliphatic carbocycles. The number of benzene rings is 3. The molecule has 1 heterocycles. The van der Waals surface area contributed by atoms with Crippen LogP contribution in [0.5, 0.6) is 5.75 Å². The maximum Gasteiger partial charge on any atom is 0.258 e. The lowest BCUT2D eigenvalue weighted by Gasteiger charge is -2.07. The van der Waals surface area contributed by atoms with E-state index in [0.29, 0.717) is 28.3 Å². The molecule has 4 nitrogen and oxygen atoms in total. The molecule has 0 aliphatic rings. The summed E-state index contributed by atoms with van der Waals surface area (Å²) in [4.78, 5) is 4.27. The van der Waals surface area contributed by atoms with Crippen molar-refractivity contribution in [3.8, 4) is 28.6 Å². The summed E-state index contributed by atoms with van der Waals surface area (Å²) in [6.07, 6.45) is 0. The van der Waals surface area contributed by atoms with Gasteiger partial charge in [-0.2, -0.15) is 4.98 Å². The number of aromatic nitrogens is 2. The van der Waals surface area contributed by atoms with Gasteiger partial charge in [0.2, 0.25) is 5.82 Å². The fraction of sp³-hybridized carbons (Fsp3) is 0.0476. The van der Waals surface area contributed by atoms with Crippen LogP contribution in [0.25, 0.3) is 22.8 Å². The zero-order chi connectivity index (χ0) is 19.5. The fourth-order valence-corrected chi connectivity index (χ4v) is 2.64. The second kappa shape index (κ2) is 7.56. The zero-order valence-electron chi connectivity index (χ0n) is 14.4. The van der Waals surface area contributed by atoms with E-state index in [0.717, 1.165) is 6.07 Å². The molecule has 140 valence electrons. The minimum Gasteiger partial charge on any atom is -0.489 e. The SMILES string of the molecule is Fc1cc(F)cc(COc2ccc(-c3noc(-c4cccc(F)c4)n3)cc2)c1. The van der Waals surface area contributed by atoms with Crippen LogP contribution in [0.1, 0.15) is 5.56 Å². The molecule has 0 N–H and O–H groups in total. The van der Waals surface area contributed by atoms with Gasteiger partial charge in [-0.3, -0.25) is 0 Å². The molecule has 0 amide bonds. The first-order chi connectivity index (χ1) is 13.6. The number of hydrogen-bond acceptors (Lipinski definition) is 4. The number of ether oxygens (including phenoxy) is 1. The Bertz CT molecular complexity index is 1090. The third-order valence-corrected chi connectivity index (χ3v) is 3.94. The average molecular weight is 382 g/mol. The normalized spacial score (nSPS) is 10.8. The quantitative estimate of drug-likeness (QED) is 0.464. The van der Waals surface area contributed by atoms with Crippen LogP contribution in [0.4, 0.5) is 13.2 Å². The van der Waals surface area contributed by atoms with Gasteiger partial charge in [-0.05, 0) is 60.2 Å². The average Bonchev–Trinajstić information content (AvgIpc) is 3.16. The molecular formula is C21H13F3N2O2. The van der Waals surface area contributed by atoms with Crippen molar-refractivity contribution < 1.29 is 22.4 Å². The van der Waals surface area contributed by atoms with E-state index in [1.807, 2.05) is 0 Å². The molecule has 0 spiro atoms. The largest absolute Gasteiger partial charge is 0.489 e. The molecule has 0 bridgehead atoms. The minimum absolute atomic E-state index is 0.0277. The van der Waals surface area contributed by atoms with E-state index in [4.69, 9.17) is 9.26 Å². The Kier molecular flexibility index (Phi) is 4.80. The van der Waals surface area contributed by atoms with Crippen molar-refractivity contribution in [2.24, 2.45) is 0 Å². The van der Waals surface area contributed by atoms with Crippen molar-refractivity contribution in [1.82, 2.24) is 10.1 Å². The van der Waals surface area contributed by atoms with Crippen LogP contribution in [0.15, 0.2) is 71.3 Å². The molecular weight excluding hydrogens is 369 g/mol. The molecule has 3 aromatic carbocycles. The monoisotopic (exact) mass is 382 g/mol. The molecule has 0 fully saturated rings. The summed E-state index contributed by atoms with van der Waals surface area (Å²) in [6.45, 7) is 0.0277. The van der Waals surface area contributed by atoms with Gasteiger partial charge in [0.25, 0.3) is 5.89 Å². The van der Waals surface area contributed by atoms with Gasteiger partial charge in [0, 0.05) is 17.2 Å². The Morgan fingerprint density at radius 3 is 2.25 bits per heavy atom. The third kappa shape index (κ3) is 4.03. The van der Waals surface area contributed by atoms with E-state index in [-0.39, 0.29) is 12.5 Å². The van der Waals surface area contributed by atoms with Crippen LogP contribution < -0.4 is 4.74 Å². The number of halogens is 3. The predicted molar refractivity (Wildman–Crippen MR) is 95.8 cm³/mol. The fourth-order valence-electron chi connectivity index (χ4n) is 2.64. The standard InChI is InChI=1S/C21H13F3N2O2/c22-16-3-1-2-15(10-16)21-25-20(26-28-21)14-4-6-19(7-5-14)27-12-13-8-17(23)11-18(24)9-13/h1-11H,12H2. The molecule has 0 saturated heterocycles. The van der Waals surface area contributed by atoms with Crippen LogP contribution in [-0.2, 0) is 6.61 Å². The molecule has 0 aliphatic heterocycles. The van der Waals surface area contributed by atoms with Gasteiger partial charge >= 0.3 is 0 Å². The Morgan fingerprint density at radius 1 is 0.786 bits per heavy atom. The lowest BCUT2D eigenvalue weighted by Crippen LogP contribution is -1.97. The highest BCUT2D eigenvalue weighted by atomic mass is 19.1. The molecule has 0 radical (unpaired) electrons. The van der Waals surface area contributed by atoms with Crippen LogP contribution in [0, 0.1) is 17.5 Å². The van der Waals surface area contributed by atoms with E-state index >= 15 is 0 Å². The van der Waals surface area contributed by atoms with Crippen molar-refractivity contribution in [1.29, 1.82) is 0 Å². The van der Waals surface area contributed by atoms with Gasteiger partial charge in [-0.25, -0.2) is 13.2 Å². The zero-order valence-corrected chi connectivity index (χ0v) is 14.4. The highest BCUT2D eigenvalue weighted by Crippen LogP contribution is 2.24. The van der Waals surface area contributed by atoms with Gasteiger partial charge in [0.05, 0.1) is 0 Å². The van der Waals surface area contributed by atoms with Gasteiger partial charge in [0.1, 0.15) is 29.8 Å². The molecule has 4 rings (SSSR count). The Morgan fingerprint density at radius 2 is 1.54 bits per heavy atom. The molecule has 0 saturated carbocycles.